The lowest BCUT2D eigenvalue weighted by Crippen LogP contribution is -1.93. The van der Waals surface area contributed by atoms with E-state index in [1.165, 1.54) is 27.8 Å². The van der Waals surface area contributed by atoms with Gasteiger partial charge >= 0.3 is 0 Å². The Balaban J connectivity index is 1.69. The van der Waals surface area contributed by atoms with Crippen molar-refractivity contribution in [2.24, 2.45) is 0 Å². The first-order valence-electron chi connectivity index (χ1n) is 11.2. The molecule has 0 aliphatic rings. The van der Waals surface area contributed by atoms with Gasteiger partial charge in [0, 0.05) is 22.5 Å². The Morgan fingerprint density at radius 1 is 0.515 bits per heavy atom. The lowest BCUT2D eigenvalue weighted by atomic mass is 9.95. The van der Waals surface area contributed by atoms with Crippen LogP contribution in [-0.2, 0) is 0 Å². The maximum absolute atomic E-state index is 5.16. The Labute approximate surface area is 193 Å². The SMILES string of the molecule is Cc1ccc(-c2cc(-c3ccccc3)c3ccc4c(-c5ccccc5)ccnc4c3n2)cc1. The molecule has 0 unspecified atom stereocenters. The van der Waals surface area contributed by atoms with E-state index in [-0.39, 0.29) is 0 Å². The molecule has 0 spiro atoms. The highest BCUT2D eigenvalue weighted by Gasteiger charge is 2.14. The van der Waals surface area contributed by atoms with Gasteiger partial charge in [0.15, 0.2) is 0 Å². The van der Waals surface area contributed by atoms with E-state index in [1.807, 2.05) is 12.3 Å². The fourth-order valence-electron chi connectivity index (χ4n) is 4.50. The molecule has 0 bridgehead atoms. The molecule has 0 saturated heterocycles. The quantitative estimate of drug-likeness (QED) is 0.269. The first-order chi connectivity index (χ1) is 16.3. The maximum Gasteiger partial charge on any atom is 0.0978 e. The van der Waals surface area contributed by atoms with Crippen LogP contribution in [0.4, 0.5) is 0 Å². The van der Waals surface area contributed by atoms with Crippen molar-refractivity contribution in [3.8, 4) is 33.5 Å². The normalized spacial score (nSPS) is 11.2. The van der Waals surface area contributed by atoms with E-state index < -0.39 is 0 Å². The minimum Gasteiger partial charge on any atom is -0.254 e. The van der Waals surface area contributed by atoms with Gasteiger partial charge in [0.2, 0.25) is 0 Å². The van der Waals surface area contributed by atoms with Crippen LogP contribution in [0.25, 0.3) is 55.3 Å². The summed E-state index contributed by atoms with van der Waals surface area (Å²) in [6.45, 7) is 2.11. The Morgan fingerprint density at radius 3 is 1.79 bits per heavy atom. The van der Waals surface area contributed by atoms with E-state index in [1.54, 1.807) is 0 Å². The number of benzene rings is 4. The topological polar surface area (TPSA) is 25.8 Å². The first-order valence-corrected chi connectivity index (χ1v) is 11.2. The van der Waals surface area contributed by atoms with Crippen LogP contribution in [0.2, 0.25) is 0 Å². The third-order valence-electron chi connectivity index (χ3n) is 6.21. The monoisotopic (exact) mass is 422 g/mol. The largest absolute Gasteiger partial charge is 0.254 e. The number of nitrogens with zero attached hydrogens (tertiary/aromatic N) is 2. The molecule has 2 aromatic heterocycles. The van der Waals surface area contributed by atoms with Crippen LogP contribution in [-0.4, -0.2) is 9.97 Å². The summed E-state index contributed by atoms with van der Waals surface area (Å²) in [5.74, 6) is 0. The Hall–Kier alpha value is -4.30. The molecule has 0 radical (unpaired) electrons. The lowest BCUT2D eigenvalue weighted by Gasteiger charge is -2.14. The number of pyridine rings is 2. The van der Waals surface area contributed by atoms with E-state index in [0.717, 1.165) is 33.1 Å². The van der Waals surface area contributed by atoms with Gasteiger partial charge in [-0.15, -0.1) is 0 Å². The molecule has 6 rings (SSSR count). The predicted molar refractivity (Wildman–Crippen MR) is 138 cm³/mol. The van der Waals surface area contributed by atoms with Crippen molar-refractivity contribution in [1.29, 1.82) is 0 Å². The zero-order chi connectivity index (χ0) is 22.2. The summed E-state index contributed by atoms with van der Waals surface area (Å²) in [7, 11) is 0. The highest BCUT2D eigenvalue weighted by molar-refractivity contribution is 6.12. The molecule has 2 nitrogen and oxygen atoms in total. The number of aryl methyl sites for hydroxylation is 1. The molecule has 2 heteroatoms. The summed E-state index contributed by atoms with van der Waals surface area (Å²) >= 11 is 0. The maximum atomic E-state index is 5.16. The van der Waals surface area contributed by atoms with Crippen molar-refractivity contribution in [1.82, 2.24) is 9.97 Å². The van der Waals surface area contributed by atoms with Gasteiger partial charge < -0.3 is 0 Å². The molecule has 156 valence electrons. The minimum atomic E-state index is 0.931. The van der Waals surface area contributed by atoms with Gasteiger partial charge in [-0.2, -0.15) is 0 Å². The van der Waals surface area contributed by atoms with Crippen molar-refractivity contribution in [3.63, 3.8) is 0 Å². The second-order valence-corrected chi connectivity index (χ2v) is 8.37. The standard InChI is InChI=1S/C31H22N2/c1-21-12-14-24(15-13-21)29-20-28(23-10-6-3-7-11-23)27-17-16-26-25(22-8-4-2-5-9-22)18-19-32-30(26)31(27)33-29/h2-20H,1H3. The van der Waals surface area contributed by atoms with Crippen LogP contribution in [0, 0.1) is 6.92 Å². The van der Waals surface area contributed by atoms with E-state index in [9.17, 15) is 0 Å². The average Bonchev–Trinajstić information content (AvgIpc) is 2.89. The molecule has 2 heterocycles. The van der Waals surface area contributed by atoms with Crippen molar-refractivity contribution >= 4 is 21.8 Å². The molecule has 0 atom stereocenters. The molecule has 6 aromatic rings. The summed E-state index contributed by atoms with van der Waals surface area (Å²) in [5, 5.41) is 2.23. The zero-order valence-electron chi connectivity index (χ0n) is 18.4. The lowest BCUT2D eigenvalue weighted by molar-refractivity contribution is 1.36. The Kier molecular flexibility index (Phi) is 4.70. The molecule has 0 amide bonds. The van der Waals surface area contributed by atoms with Crippen LogP contribution in [0.3, 0.4) is 0 Å². The van der Waals surface area contributed by atoms with E-state index in [2.05, 4.69) is 110 Å². The zero-order valence-corrected chi connectivity index (χ0v) is 18.4. The Bertz CT molecular complexity index is 1590. The molecular weight excluding hydrogens is 400 g/mol. The van der Waals surface area contributed by atoms with Crippen molar-refractivity contribution in [3.05, 3.63) is 121 Å². The van der Waals surface area contributed by atoms with Gasteiger partial charge in [-0.25, -0.2) is 4.98 Å². The predicted octanol–water partition coefficient (Wildman–Crippen LogP) is 8.09. The van der Waals surface area contributed by atoms with Crippen LogP contribution in [0.15, 0.2) is 115 Å². The van der Waals surface area contributed by atoms with Crippen LogP contribution < -0.4 is 0 Å². The van der Waals surface area contributed by atoms with E-state index in [4.69, 9.17) is 9.97 Å². The molecule has 0 fully saturated rings. The highest BCUT2D eigenvalue weighted by atomic mass is 14.8. The van der Waals surface area contributed by atoms with Gasteiger partial charge in [0.25, 0.3) is 0 Å². The van der Waals surface area contributed by atoms with Crippen LogP contribution >= 0.6 is 0 Å². The summed E-state index contributed by atoms with van der Waals surface area (Å²) in [6.07, 6.45) is 1.90. The number of aromatic nitrogens is 2. The van der Waals surface area contributed by atoms with Crippen LogP contribution in [0.5, 0.6) is 0 Å². The van der Waals surface area contributed by atoms with Gasteiger partial charge in [-0.3, -0.25) is 4.98 Å². The van der Waals surface area contributed by atoms with Gasteiger partial charge in [-0.05, 0) is 41.3 Å². The van der Waals surface area contributed by atoms with Gasteiger partial charge in [-0.1, -0.05) is 103 Å². The van der Waals surface area contributed by atoms with Crippen LogP contribution in [0.1, 0.15) is 5.56 Å². The molecule has 0 saturated carbocycles. The summed E-state index contributed by atoms with van der Waals surface area (Å²) < 4.78 is 0. The minimum absolute atomic E-state index is 0.931. The molecule has 4 aromatic carbocycles. The number of rotatable bonds is 3. The Morgan fingerprint density at radius 2 is 1.12 bits per heavy atom. The molecular formula is C31H22N2. The smallest absolute Gasteiger partial charge is 0.0978 e. The second-order valence-electron chi connectivity index (χ2n) is 8.37. The molecule has 0 N–H and O–H groups in total. The van der Waals surface area contributed by atoms with Crippen molar-refractivity contribution in [2.75, 3.05) is 0 Å². The summed E-state index contributed by atoms with van der Waals surface area (Å²) in [5.41, 5.74) is 9.87. The number of fused-ring (bicyclic) bond motifs is 3. The average molecular weight is 423 g/mol. The van der Waals surface area contributed by atoms with Crippen molar-refractivity contribution < 1.29 is 0 Å². The highest BCUT2D eigenvalue weighted by Crippen LogP contribution is 2.37. The summed E-state index contributed by atoms with van der Waals surface area (Å²) in [6, 6.07) is 38.3. The summed E-state index contributed by atoms with van der Waals surface area (Å²) in [4.78, 5) is 9.98. The molecule has 33 heavy (non-hydrogen) atoms. The fraction of sp³-hybridized carbons (Fsp3) is 0.0323. The molecule has 0 aliphatic carbocycles. The fourth-order valence-corrected chi connectivity index (χ4v) is 4.50. The van der Waals surface area contributed by atoms with E-state index >= 15 is 0 Å². The van der Waals surface area contributed by atoms with Gasteiger partial charge in [0.05, 0.1) is 16.7 Å². The van der Waals surface area contributed by atoms with E-state index in [0.29, 0.717) is 0 Å². The third kappa shape index (κ3) is 3.46. The molecule has 0 aliphatic heterocycles. The first kappa shape index (κ1) is 19.4. The van der Waals surface area contributed by atoms with Gasteiger partial charge in [0.1, 0.15) is 0 Å². The number of hydrogen-bond acceptors (Lipinski definition) is 2. The number of hydrogen-bond donors (Lipinski definition) is 0. The third-order valence-corrected chi connectivity index (χ3v) is 6.21. The second kappa shape index (κ2) is 7.99. The van der Waals surface area contributed by atoms with Crippen molar-refractivity contribution in [2.45, 2.75) is 6.92 Å².